The van der Waals surface area contributed by atoms with Gasteiger partial charge >= 0.3 is 0 Å². The summed E-state index contributed by atoms with van der Waals surface area (Å²) in [6, 6.07) is 0. The number of ether oxygens (including phenoxy) is 1. The average Bonchev–Trinajstić information content (AvgIpc) is 2.92. The molecule has 1 saturated heterocycles. The number of carbonyl (C=O) groups excluding carboxylic acids is 1. The van der Waals surface area contributed by atoms with E-state index in [1.165, 1.54) is 0 Å². The Balaban J connectivity index is 1.73. The van der Waals surface area contributed by atoms with Gasteiger partial charge in [-0.15, -0.1) is 0 Å². The van der Waals surface area contributed by atoms with Crippen molar-refractivity contribution in [1.29, 1.82) is 0 Å². The molecule has 0 aromatic carbocycles. The molecule has 2 N–H and O–H groups in total. The van der Waals surface area contributed by atoms with Crippen LogP contribution >= 0.6 is 0 Å². The van der Waals surface area contributed by atoms with Crippen molar-refractivity contribution in [2.75, 3.05) is 40.0 Å². The molecule has 0 saturated carbocycles. The van der Waals surface area contributed by atoms with E-state index in [2.05, 4.69) is 15.2 Å². The number of aliphatic hydroxyl groups excluding tert-OH is 1. The minimum absolute atomic E-state index is 0.00423. The van der Waals surface area contributed by atoms with Gasteiger partial charge in [0.1, 0.15) is 5.82 Å². The van der Waals surface area contributed by atoms with E-state index in [4.69, 9.17) is 4.74 Å². The van der Waals surface area contributed by atoms with Crippen molar-refractivity contribution < 1.29 is 14.6 Å². The van der Waals surface area contributed by atoms with Gasteiger partial charge in [-0.2, -0.15) is 0 Å². The van der Waals surface area contributed by atoms with Crippen LogP contribution in [0.5, 0.6) is 0 Å². The number of morpholine rings is 1. The van der Waals surface area contributed by atoms with Crippen LogP contribution in [-0.4, -0.2) is 71.0 Å². The molecule has 2 heterocycles. The summed E-state index contributed by atoms with van der Waals surface area (Å²) in [4.78, 5) is 18.2. The highest BCUT2D eigenvalue weighted by Crippen LogP contribution is 2.17. The molecule has 2 rings (SSSR count). The zero-order valence-corrected chi connectivity index (χ0v) is 13.4. The molecule has 1 aromatic rings. The molecule has 7 heteroatoms. The fraction of sp³-hybridized carbons (Fsp3) is 0.733. The van der Waals surface area contributed by atoms with Gasteiger partial charge in [0, 0.05) is 38.4 Å². The highest BCUT2D eigenvalue weighted by molar-refractivity contribution is 5.75. The van der Waals surface area contributed by atoms with Crippen molar-refractivity contribution in [3.63, 3.8) is 0 Å². The second kappa shape index (κ2) is 7.71. The molecule has 124 valence electrons. The van der Waals surface area contributed by atoms with Gasteiger partial charge in [-0.1, -0.05) is 0 Å². The third-order valence-electron chi connectivity index (χ3n) is 4.39. The van der Waals surface area contributed by atoms with Crippen LogP contribution in [0.1, 0.15) is 18.7 Å². The topological polar surface area (TPSA) is 79.6 Å². The lowest BCUT2D eigenvalue weighted by atomic mass is 9.98. The molecule has 0 bridgehead atoms. The summed E-state index contributed by atoms with van der Waals surface area (Å²) in [5.41, 5.74) is -0.505. The number of amides is 1. The van der Waals surface area contributed by atoms with Crippen molar-refractivity contribution in [2.45, 2.75) is 31.8 Å². The molecular formula is C15H26N4O3. The molecule has 0 spiro atoms. The second-order valence-corrected chi connectivity index (χ2v) is 5.90. The standard InChI is InChI=1S/C15H26N4O3/c1-13-16-5-7-19(13)6-3-4-14(21)17-10-15(11-20)12-22-9-8-18(15)2/h5,7,20H,3-4,6,8-12H2,1-2H3,(H,17,21). The number of likely N-dealkylation sites (N-methyl/N-ethyl adjacent to an activating group) is 1. The average molecular weight is 310 g/mol. The molecule has 1 aliphatic heterocycles. The largest absolute Gasteiger partial charge is 0.394 e. The molecule has 0 radical (unpaired) electrons. The summed E-state index contributed by atoms with van der Waals surface area (Å²) < 4.78 is 7.49. The molecule has 1 aliphatic rings. The third-order valence-corrected chi connectivity index (χ3v) is 4.39. The van der Waals surface area contributed by atoms with Crippen molar-refractivity contribution in [3.05, 3.63) is 18.2 Å². The molecule has 1 fully saturated rings. The maximum Gasteiger partial charge on any atom is 0.220 e. The normalized spacial score (nSPS) is 22.7. The molecule has 0 aliphatic carbocycles. The van der Waals surface area contributed by atoms with Gasteiger partial charge < -0.3 is 19.7 Å². The van der Waals surface area contributed by atoms with Gasteiger partial charge in [0.05, 0.1) is 25.4 Å². The number of nitrogens with one attached hydrogen (secondary N) is 1. The number of hydrogen-bond donors (Lipinski definition) is 2. The molecule has 22 heavy (non-hydrogen) atoms. The lowest BCUT2D eigenvalue weighted by Gasteiger charge is -2.43. The highest BCUT2D eigenvalue weighted by Gasteiger charge is 2.37. The Morgan fingerprint density at radius 3 is 3.05 bits per heavy atom. The smallest absolute Gasteiger partial charge is 0.220 e. The summed E-state index contributed by atoms with van der Waals surface area (Å²) in [5, 5.41) is 12.6. The van der Waals surface area contributed by atoms with E-state index in [0.717, 1.165) is 25.3 Å². The van der Waals surface area contributed by atoms with Crippen LogP contribution in [0.3, 0.4) is 0 Å². The second-order valence-electron chi connectivity index (χ2n) is 5.90. The van der Waals surface area contributed by atoms with E-state index >= 15 is 0 Å². The predicted molar refractivity (Wildman–Crippen MR) is 82.5 cm³/mol. The van der Waals surface area contributed by atoms with E-state index < -0.39 is 5.54 Å². The first-order valence-corrected chi connectivity index (χ1v) is 7.72. The first kappa shape index (κ1) is 16.9. The fourth-order valence-electron chi connectivity index (χ4n) is 2.62. The summed E-state index contributed by atoms with van der Waals surface area (Å²) in [6.45, 7) is 4.97. The van der Waals surface area contributed by atoms with Crippen LogP contribution in [0, 0.1) is 6.92 Å². The van der Waals surface area contributed by atoms with Crippen molar-refractivity contribution in [2.24, 2.45) is 0 Å². The zero-order chi connectivity index (χ0) is 16.0. The first-order valence-electron chi connectivity index (χ1n) is 7.72. The zero-order valence-electron chi connectivity index (χ0n) is 13.4. The van der Waals surface area contributed by atoms with Gasteiger partial charge in [0.25, 0.3) is 0 Å². The van der Waals surface area contributed by atoms with Gasteiger partial charge in [0.2, 0.25) is 5.91 Å². The Morgan fingerprint density at radius 1 is 1.59 bits per heavy atom. The lowest BCUT2D eigenvalue weighted by Crippen LogP contribution is -2.62. The van der Waals surface area contributed by atoms with Crippen molar-refractivity contribution >= 4 is 5.91 Å². The number of imidazole rings is 1. The van der Waals surface area contributed by atoms with Gasteiger partial charge in [0.15, 0.2) is 0 Å². The number of hydrogen-bond acceptors (Lipinski definition) is 5. The molecule has 1 unspecified atom stereocenters. The number of carbonyl (C=O) groups is 1. The van der Waals surface area contributed by atoms with Crippen LogP contribution in [0.4, 0.5) is 0 Å². The Morgan fingerprint density at radius 2 is 2.41 bits per heavy atom. The monoisotopic (exact) mass is 310 g/mol. The summed E-state index contributed by atoms with van der Waals surface area (Å²) in [6.07, 6.45) is 4.91. The van der Waals surface area contributed by atoms with E-state index in [1.54, 1.807) is 6.20 Å². The SMILES string of the molecule is Cc1nccn1CCCC(=O)NCC1(CO)COCCN1C. The van der Waals surface area contributed by atoms with Gasteiger partial charge in [-0.05, 0) is 20.4 Å². The van der Waals surface area contributed by atoms with E-state index in [-0.39, 0.29) is 12.5 Å². The van der Waals surface area contributed by atoms with Crippen LogP contribution in [0.25, 0.3) is 0 Å². The number of aliphatic hydroxyl groups is 1. The van der Waals surface area contributed by atoms with E-state index in [0.29, 0.717) is 26.2 Å². The minimum atomic E-state index is -0.505. The van der Waals surface area contributed by atoms with Gasteiger partial charge in [-0.3, -0.25) is 9.69 Å². The van der Waals surface area contributed by atoms with Crippen LogP contribution < -0.4 is 5.32 Å². The number of nitrogens with zero attached hydrogens (tertiary/aromatic N) is 3. The maximum absolute atomic E-state index is 12.0. The number of aromatic nitrogens is 2. The maximum atomic E-state index is 12.0. The van der Waals surface area contributed by atoms with Crippen LogP contribution in [-0.2, 0) is 16.1 Å². The molecule has 7 nitrogen and oxygen atoms in total. The minimum Gasteiger partial charge on any atom is -0.394 e. The Bertz CT molecular complexity index is 491. The number of aryl methyl sites for hydroxylation is 2. The Labute approximate surface area is 131 Å². The quantitative estimate of drug-likeness (QED) is 0.728. The Hall–Kier alpha value is -1.44. The molecule has 1 aromatic heterocycles. The Kier molecular flexibility index (Phi) is 5.93. The van der Waals surface area contributed by atoms with Crippen molar-refractivity contribution in [3.8, 4) is 0 Å². The molecule has 1 atom stereocenters. The lowest BCUT2D eigenvalue weighted by molar-refractivity contribution is -0.124. The summed E-state index contributed by atoms with van der Waals surface area (Å²) in [7, 11) is 1.95. The van der Waals surface area contributed by atoms with Crippen LogP contribution in [0.15, 0.2) is 12.4 Å². The van der Waals surface area contributed by atoms with Crippen LogP contribution in [0.2, 0.25) is 0 Å². The summed E-state index contributed by atoms with van der Waals surface area (Å²) >= 11 is 0. The fourth-order valence-corrected chi connectivity index (χ4v) is 2.62. The first-order chi connectivity index (χ1) is 10.6. The van der Waals surface area contributed by atoms with E-state index in [1.807, 2.05) is 24.7 Å². The highest BCUT2D eigenvalue weighted by atomic mass is 16.5. The molecule has 1 amide bonds. The number of rotatable bonds is 7. The van der Waals surface area contributed by atoms with Gasteiger partial charge in [-0.25, -0.2) is 4.98 Å². The molecular weight excluding hydrogens is 284 g/mol. The predicted octanol–water partition coefficient (Wildman–Crippen LogP) is -0.219. The van der Waals surface area contributed by atoms with Crippen molar-refractivity contribution in [1.82, 2.24) is 19.8 Å². The van der Waals surface area contributed by atoms with E-state index in [9.17, 15) is 9.90 Å². The summed E-state index contributed by atoms with van der Waals surface area (Å²) in [5.74, 6) is 0.963. The third kappa shape index (κ3) is 4.06.